The van der Waals surface area contributed by atoms with Crippen LogP contribution in [0.2, 0.25) is 0 Å². The molecular weight excluding hydrogens is 218 g/mol. The van der Waals surface area contributed by atoms with Crippen LogP contribution < -0.4 is 0 Å². The lowest BCUT2D eigenvalue weighted by Crippen LogP contribution is -2.41. The van der Waals surface area contributed by atoms with E-state index in [0.717, 1.165) is 11.1 Å². The zero-order valence-electron chi connectivity index (χ0n) is 10.4. The van der Waals surface area contributed by atoms with Crippen molar-refractivity contribution in [1.29, 1.82) is 0 Å². The number of nitrogens with zero attached hydrogens (tertiary/aromatic N) is 1. The van der Waals surface area contributed by atoms with E-state index in [1.54, 1.807) is 7.05 Å². The van der Waals surface area contributed by atoms with Gasteiger partial charge in [0, 0.05) is 13.6 Å². The molecule has 0 aliphatic heterocycles. The molecule has 0 spiro atoms. The van der Waals surface area contributed by atoms with Gasteiger partial charge in [-0.15, -0.1) is 0 Å². The fourth-order valence-corrected chi connectivity index (χ4v) is 1.55. The maximum Gasteiger partial charge on any atom is 0.254 e. The van der Waals surface area contributed by atoms with E-state index in [9.17, 15) is 9.90 Å². The molecule has 4 nitrogen and oxygen atoms in total. The monoisotopic (exact) mass is 237 g/mol. The van der Waals surface area contributed by atoms with Crippen molar-refractivity contribution < 1.29 is 15.0 Å². The van der Waals surface area contributed by atoms with Crippen molar-refractivity contribution in [3.8, 4) is 0 Å². The molecule has 0 saturated heterocycles. The Kier molecular flexibility index (Phi) is 4.66. The van der Waals surface area contributed by atoms with E-state index >= 15 is 0 Å². The van der Waals surface area contributed by atoms with Crippen molar-refractivity contribution >= 4 is 5.91 Å². The molecule has 17 heavy (non-hydrogen) atoms. The number of amides is 1. The molecule has 0 aliphatic rings. The van der Waals surface area contributed by atoms with Gasteiger partial charge in [0.2, 0.25) is 0 Å². The Labute approximate surface area is 101 Å². The van der Waals surface area contributed by atoms with Gasteiger partial charge in [-0.1, -0.05) is 24.3 Å². The van der Waals surface area contributed by atoms with Gasteiger partial charge in [-0.3, -0.25) is 4.79 Å². The Hall–Kier alpha value is -1.39. The minimum Gasteiger partial charge on any atom is -0.390 e. The third-order valence-electron chi connectivity index (χ3n) is 2.75. The van der Waals surface area contributed by atoms with Crippen LogP contribution in [0.5, 0.6) is 0 Å². The van der Waals surface area contributed by atoms with Gasteiger partial charge in [-0.25, -0.2) is 0 Å². The topological polar surface area (TPSA) is 60.8 Å². The van der Waals surface area contributed by atoms with Crippen molar-refractivity contribution in [2.24, 2.45) is 0 Å². The van der Waals surface area contributed by atoms with E-state index in [1.807, 2.05) is 31.2 Å². The highest BCUT2D eigenvalue weighted by atomic mass is 16.3. The second-order valence-corrected chi connectivity index (χ2v) is 4.31. The number of rotatable bonds is 4. The number of carbonyl (C=O) groups excluding carboxylic acids is 1. The van der Waals surface area contributed by atoms with Crippen LogP contribution in [0.25, 0.3) is 0 Å². The van der Waals surface area contributed by atoms with Crippen LogP contribution in [0.3, 0.4) is 0 Å². The summed E-state index contributed by atoms with van der Waals surface area (Å²) in [5, 5.41) is 18.6. The first-order chi connectivity index (χ1) is 7.93. The maximum atomic E-state index is 11.7. The molecule has 4 heteroatoms. The van der Waals surface area contributed by atoms with E-state index in [2.05, 4.69) is 0 Å². The minimum absolute atomic E-state index is 0.426. The number of hydrogen-bond acceptors (Lipinski definition) is 3. The fraction of sp³-hybridized carbons (Fsp3) is 0.462. The average molecular weight is 237 g/mol. The van der Waals surface area contributed by atoms with Gasteiger partial charge in [-0.05, 0) is 25.0 Å². The molecule has 2 N–H and O–H groups in total. The summed E-state index contributed by atoms with van der Waals surface area (Å²) in [6.45, 7) is 3.79. The van der Waals surface area contributed by atoms with E-state index in [-0.39, 0.29) is 0 Å². The molecule has 0 aromatic heterocycles. The Morgan fingerprint density at radius 2 is 1.94 bits per heavy atom. The summed E-state index contributed by atoms with van der Waals surface area (Å²) < 4.78 is 0. The van der Waals surface area contributed by atoms with Crippen LogP contribution in [0.1, 0.15) is 18.1 Å². The number of benzene rings is 1. The van der Waals surface area contributed by atoms with Gasteiger partial charge in [0.05, 0.1) is 6.10 Å². The average Bonchev–Trinajstić information content (AvgIpc) is 2.30. The van der Waals surface area contributed by atoms with Gasteiger partial charge < -0.3 is 15.1 Å². The molecule has 2 unspecified atom stereocenters. The lowest BCUT2D eigenvalue weighted by Gasteiger charge is -2.22. The number of hydrogen-bond donors (Lipinski definition) is 2. The Morgan fingerprint density at radius 3 is 2.47 bits per heavy atom. The lowest BCUT2D eigenvalue weighted by molar-refractivity contribution is -0.144. The van der Waals surface area contributed by atoms with E-state index in [1.165, 1.54) is 11.8 Å². The third-order valence-corrected chi connectivity index (χ3v) is 2.75. The number of aliphatic hydroxyl groups excluding tert-OH is 2. The van der Waals surface area contributed by atoms with Crippen LogP contribution in [-0.4, -0.2) is 40.3 Å². The largest absolute Gasteiger partial charge is 0.390 e. The molecule has 1 aromatic rings. The van der Waals surface area contributed by atoms with Crippen molar-refractivity contribution in [3.05, 3.63) is 35.4 Å². The normalized spacial score (nSPS) is 14.2. The maximum absolute atomic E-state index is 11.7. The fourth-order valence-electron chi connectivity index (χ4n) is 1.55. The first-order valence-corrected chi connectivity index (χ1v) is 5.59. The van der Waals surface area contributed by atoms with Crippen LogP contribution in [0, 0.1) is 6.92 Å². The van der Waals surface area contributed by atoms with Crippen molar-refractivity contribution in [1.82, 2.24) is 4.90 Å². The second kappa shape index (κ2) is 5.80. The molecule has 0 bridgehead atoms. The minimum atomic E-state index is -1.36. The lowest BCUT2D eigenvalue weighted by atomic mass is 10.1. The van der Waals surface area contributed by atoms with E-state index in [0.29, 0.717) is 6.54 Å². The molecule has 94 valence electrons. The number of likely N-dealkylation sites (N-methyl/N-ethyl adjacent to an activating group) is 1. The summed E-state index contributed by atoms with van der Waals surface area (Å²) in [4.78, 5) is 13.1. The predicted molar refractivity (Wildman–Crippen MR) is 65.3 cm³/mol. The molecule has 0 saturated carbocycles. The second-order valence-electron chi connectivity index (χ2n) is 4.31. The van der Waals surface area contributed by atoms with Gasteiger partial charge in [0.25, 0.3) is 5.91 Å². The number of carbonyl (C=O) groups is 1. The first kappa shape index (κ1) is 13.7. The van der Waals surface area contributed by atoms with E-state index < -0.39 is 18.1 Å². The summed E-state index contributed by atoms with van der Waals surface area (Å²) in [6, 6.07) is 7.75. The predicted octanol–water partition coefficient (Wildman–Crippen LogP) is 0.695. The van der Waals surface area contributed by atoms with Crippen LogP contribution in [0.15, 0.2) is 24.3 Å². The highest BCUT2D eigenvalue weighted by molar-refractivity contribution is 5.81. The smallest absolute Gasteiger partial charge is 0.254 e. The third kappa shape index (κ3) is 3.54. The van der Waals surface area contributed by atoms with Crippen molar-refractivity contribution in [2.75, 3.05) is 7.05 Å². The molecule has 1 rings (SSSR count). The zero-order valence-corrected chi connectivity index (χ0v) is 10.4. The van der Waals surface area contributed by atoms with Crippen LogP contribution >= 0.6 is 0 Å². The van der Waals surface area contributed by atoms with Crippen LogP contribution in [0.4, 0.5) is 0 Å². The summed E-state index contributed by atoms with van der Waals surface area (Å²) in [5.74, 6) is -0.469. The van der Waals surface area contributed by atoms with Gasteiger partial charge in [0.15, 0.2) is 6.10 Å². The summed E-state index contributed by atoms with van der Waals surface area (Å²) in [7, 11) is 1.61. The quantitative estimate of drug-likeness (QED) is 0.810. The molecule has 0 heterocycles. The van der Waals surface area contributed by atoms with Gasteiger partial charge in [-0.2, -0.15) is 0 Å². The SMILES string of the molecule is Cc1ccccc1CN(C)C(=O)C(O)C(C)O. The summed E-state index contributed by atoms with van der Waals surface area (Å²) in [5.41, 5.74) is 2.12. The molecule has 0 radical (unpaired) electrons. The van der Waals surface area contributed by atoms with Gasteiger partial charge in [0.1, 0.15) is 0 Å². The van der Waals surface area contributed by atoms with Gasteiger partial charge >= 0.3 is 0 Å². The first-order valence-electron chi connectivity index (χ1n) is 5.59. The molecule has 1 aromatic carbocycles. The van der Waals surface area contributed by atoms with E-state index in [4.69, 9.17) is 5.11 Å². The Morgan fingerprint density at radius 1 is 1.35 bits per heavy atom. The zero-order chi connectivity index (χ0) is 13.0. The molecular formula is C13H19NO3. The number of aryl methyl sites for hydroxylation is 1. The molecule has 0 fully saturated rings. The van der Waals surface area contributed by atoms with Crippen molar-refractivity contribution in [3.63, 3.8) is 0 Å². The molecule has 0 aliphatic carbocycles. The highest BCUT2D eigenvalue weighted by Crippen LogP contribution is 2.10. The van der Waals surface area contributed by atoms with Crippen LogP contribution in [-0.2, 0) is 11.3 Å². The summed E-state index contributed by atoms with van der Waals surface area (Å²) >= 11 is 0. The number of aliphatic hydroxyl groups is 2. The Bertz CT molecular complexity index is 390. The Balaban J connectivity index is 2.70. The standard InChI is InChI=1S/C13H19NO3/c1-9-6-4-5-7-11(9)8-14(3)13(17)12(16)10(2)15/h4-7,10,12,15-16H,8H2,1-3H3. The van der Waals surface area contributed by atoms with Crippen molar-refractivity contribution in [2.45, 2.75) is 32.6 Å². The molecule has 2 atom stereocenters. The molecule has 1 amide bonds. The summed E-state index contributed by atoms with van der Waals surface area (Å²) in [6.07, 6.45) is -2.41. The highest BCUT2D eigenvalue weighted by Gasteiger charge is 2.23.